The predicted molar refractivity (Wildman–Crippen MR) is 130 cm³/mol. The summed E-state index contributed by atoms with van der Waals surface area (Å²) in [5.74, 6) is -3.39. The third-order valence-electron chi connectivity index (χ3n) is 6.10. The summed E-state index contributed by atoms with van der Waals surface area (Å²) in [6.07, 6.45) is 22.4. The van der Waals surface area contributed by atoms with Crippen molar-refractivity contribution >= 4 is 35.0 Å². The topological polar surface area (TPSA) is 74.6 Å². The van der Waals surface area contributed by atoms with Crippen LogP contribution in [0.25, 0.3) is 0 Å². The smallest absolute Gasteiger partial charge is 0.317 e. The number of hydrogen-bond acceptors (Lipinski definition) is 2. The van der Waals surface area contributed by atoms with Crippen LogP contribution in [0.15, 0.2) is 0 Å². The van der Waals surface area contributed by atoms with Gasteiger partial charge in [0.05, 0.1) is 0 Å². The zero-order chi connectivity index (χ0) is 21.7. The normalized spacial score (nSPS) is 11.1. The molecule has 0 rings (SSSR count). The largest absolute Gasteiger partial charge is 0.481 e. The van der Waals surface area contributed by atoms with Gasteiger partial charge in [-0.15, -0.1) is 0 Å². The van der Waals surface area contributed by atoms with Crippen LogP contribution in [0, 0.1) is 11.8 Å². The maximum Gasteiger partial charge on any atom is 0.317 e. The van der Waals surface area contributed by atoms with E-state index in [0.717, 1.165) is 25.7 Å². The number of rotatable bonds is 22. The fourth-order valence-corrected chi connectivity index (χ4v) is 4.15. The van der Waals surface area contributed by atoms with Gasteiger partial charge in [0.1, 0.15) is 0 Å². The molecular formula is C25H50MgO4. The first kappa shape index (κ1) is 31.9. The second-order valence-electron chi connectivity index (χ2n) is 8.86. The minimum absolute atomic E-state index is 0. The maximum absolute atomic E-state index is 11.3. The minimum atomic E-state index is -1.25. The first-order chi connectivity index (χ1) is 14.0. The van der Waals surface area contributed by atoms with Gasteiger partial charge in [0.25, 0.3) is 0 Å². The number of aliphatic carboxylic acids is 2. The van der Waals surface area contributed by atoms with E-state index >= 15 is 0 Å². The van der Waals surface area contributed by atoms with Crippen LogP contribution < -0.4 is 0 Å². The van der Waals surface area contributed by atoms with E-state index in [1.165, 1.54) is 89.9 Å². The quantitative estimate of drug-likeness (QED) is 0.109. The van der Waals surface area contributed by atoms with Gasteiger partial charge in [-0.2, -0.15) is 0 Å². The van der Waals surface area contributed by atoms with Crippen LogP contribution >= 0.6 is 0 Å². The summed E-state index contributed by atoms with van der Waals surface area (Å²) in [5.41, 5.74) is 0. The number of hydrogen-bond donors (Lipinski definition) is 2. The molecular weight excluding hydrogens is 389 g/mol. The van der Waals surface area contributed by atoms with Crippen molar-refractivity contribution in [3.63, 3.8) is 0 Å². The van der Waals surface area contributed by atoms with Crippen LogP contribution in [-0.2, 0) is 9.59 Å². The second-order valence-corrected chi connectivity index (χ2v) is 8.86. The number of carboxylic acids is 2. The highest BCUT2D eigenvalue weighted by Gasteiger charge is 2.28. The Balaban J connectivity index is 0. The fraction of sp³-hybridized carbons (Fsp3) is 0.920. The summed E-state index contributed by atoms with van der Waals surface area (Å²) in [4.78, 5) is 22.6. The molecule has 0 atom stereocenters. The Kier molecular flexibility index (Phi) is 24.8. The maximum atomic E-state index is 11.3. The molecule has 0 amide bonds. The second kappa shape index (κ2) is 23.4. The predicted octanol–water partition coefficient (Wildman–Crippen LogP) is 6.92. The van der Waals surface area contributed by atoms with E-state index in [-0.39, 0.29) is 35.4 Å². The Labute approximate surface area is 202 Å². The molecule has 0 aliphatic rings. The van der Waals surface area contributed by atoms with Crippen molar-refractivity contribution in [2.45, 2.75) is 136 Å². The Hall–Kier alpha value is -0.294. The van der Waals surface area contributed by atoms with Gasteiger partial charge in [-0.1, -0.05) is 129 Å². The third-order valence-corrected chi connectivity index (χ3v) is 6.10. The summed E-state index contributed by atoms with van der Waals surface area (Å²) in [6.45, 7) is 4.46. The zero-order valence-electron chi connectivity index (χ0n) is 19.3. The van der Waals surface area contributed by atoms with Crippen LogP contribution in [0.1, 0.15) is 136 Å². The lowest BCUT2D eigenvalue weighted by atomic mass is 9.86. The molecule has 30 heavy (non-hydrogen) atoms. The summed E-state index contributed by atoms with van der Waals surface area (Å²) >= 11 is 0. The highest BCUT2D eigenvalue weighted by atomic mass is 24.3. The molecule has 0 aromatic carbocycles. The van der Waals surface area contributed by atoms with Crippen molar-refractivity contribution < 1.29 is 19.8 Å². The molecule has 0 aromatic heterocycles. The fourth-order valence-electron chi connectivity index (χ4n) is 4.15. The van der Waals surface area contributed by atoms with Gasteiger partial charge in [-0.25, -0.2) is 0 Å². The average Bonchev–Trinajstić information content (AvgIpc) is 2.68. The molecule has 0 fully saturated rings. The van der Waals surface area contributed by atoms with Gasteiger partial charge in [-0.3, -0.25) is 9.59 Å². The third kappa shape index (κ3) is 19.7. The van der Waals surface area contributed by atoms with Gasteiger partial charge in [-0.05, 0) is 12.3 Å². The van der Waals surface area contributed by atoms with E-state index in [9.17, 15) is 19.8 Å². The van der Waals surface area contributed by atoms with Gasteiger partial charge >= 0.3 is 35.0 Å². The highest BCUT2D eigenvalue weighted by molar-refractivity contribution is 5.92. The summed E-state index contributed by atoms with van der Waals surface area (Å²) in [5, 5.41) is 18.5. The van der Waals surface area contributed by atoms with E-state index in [2.05, 4.69) is 13.8 Å². The Morgan fingerprint density at radius 3 is 1.17 bits per heavy atom. The summed E-state index contributed by atoms with van der Waals surface area (Å²) < 4.78 is 0. The van der Waals surface area contributed by atoms with Crippen molar-refractivity contribution in [3.05, 3.63) is 0 Å². The van der Waals surface area contributed by atoms with Gasteiger partial charge in [0.2, 0.25) is 0 Å². The van der Waals surface area contributed by atoms with Crippen molar-refractivity contribution in [2.75, 3.05) is 0 Å². The Morgan fingerprint density at radius 2 is 0.867 bits per heavy atom. The monoisotopic (exact) mass is 438 g/mol. The highest BCUT2D eigenvalue weighted by Crippen LogP contribution is 2.26. The van der Waals surface area contributed by atoms with Crippen molar-refractivity contribution in [1.29, 1.82) is 0 Å². The van der Waals surface area contributed by atoms with E-state index in [4.69, 9.17) is 0 Å². The molecule has 176 valence electrons. The van der Waals surface area contributed by atoms with E-state index in [1.807, 2.05) is 0 Å². The van der Waals surface area contributed by atoms with Crippen molar-refractivity contribution in [2.24, 2.45) is 11.8 Å². The lowest BCUT2D eigenvalue weighted by Gasteiger charge is -2.19. The molecule has 0 saturated heterocycles. The van der Waals surface area contributed by atoms with Crippen molar-refractivity contribution in [1.82, 2.24) is 0 Å². The van der Waals surface area contributed by atoms with E-state index in [1.54, 1.807) is 0 Å². The molecule has 5 heteroatoms. The molecule has 0 unspecified atom stereocenters. The molecule has 0 aliphatic heterocycles. The van der Waals surface area contributed by atoms with Crippen LogP contribution in [0.4, 0.5) is 0 Å². The van der Waals surface area contributed by atoms with Crippen LogP contribution in [0.2, 0.25) is 0 Å². The van der Waals surface area contributed by atoms with Gasteiger partial charge < -0.3 is 10.2 Å². The first-order valence-corrected chi connectivity index (χ1v) is 12.5. The molecule has 0 aromatic rings. The van der Waals surface area contributed by atoms with Crippen molar-refractivity contribution in [3.8, 4) is 0 Å². The van der Waals surface area contributed by atoms with Gasteiger partial charge in [0.15, 0.2) is 5.92 Å². The number of carbonyl (C=O) groups is 2. The van der Waals surface area contributed by atoms with Crippen LogP contribution in [0.5, 0.6) is 0 Å². The Bertz CT molecular complexity index is 367. The lowest BCUT2D eigenvalue weighted by Crippen LogP contribution is -2.26. The molecule has 0 spiro atoms. The first-order valence-electron chi connectivity index (χ1n) is 12.5. The number of carboxylic acid groups (broad SMARTS) is 2. The van der Waals surface area contributed by atoms with Crippen LogP contribution in [0.3, 0.4) is 0 Å². The SMILES string of the molecule is CCCCCCCCCCC(CCCCCCCCCC)CC(C(=O)O)C(=O)O.[MgH2]. The molecule has 0 bridgehead atoms. The van der Waals surface area contributed by atoms with Gasteiger partial charge in [0, 0.05) is 0 Å². The van der Waals surface area contributed by atoms with Crippen LogP contribution in [-0.4, -0.2) is 45.2 Å². The Morgan fingerprint density at radius 1 is 0.567 bits per heavy atom. The molecule has 0 heterocycles. The average molecular weight is 439 g/mol. The van der Waals surface area contributed by atoms with E-state index in [0.29, 0.717) is 0 Å². The molecule has 4 nitrogen and oxygen atoms in total. The zero-order valence-corrected chi connectivity index (χ0v) is 19.3. The molecule has 0 aliphatic carbocycles. The minimum Gasteiger partial charge on any atom is -0.481 e. The lowest BCUT2D eigenvalue weighted by molar-refractivity contribution is -0.155. The summed E-state index contributed by atoms with van der Waals surface area (Å²) in [7, 11) is 0. The number of unbranched alkanes of at least 4 members (excludes halogenated alkanes) is 14. The summed E-state index contributed by atoms with van der Waals surface area (Å²) in [6, 6.07) is 0. The molecule has 2 N–H and O–H groups in total. The molecule has 0 radical (unpaired) electrons. The standard InChI is InChI=1S/C25H48O4.Mg.2H/c1-3-5-7-9-11-13-15-17-19-22(21-23(24(26)27)25(28)29)20-18-16-14-12-10-8-6-4-2;;;/h22-23H,3-21H2,1-2H3,(H,26,27)(H,28,29);;;. The van der Waals surface area contributed by atoms with E-state index < -0.39 is 17.9 Å². The molecule has 0 saturated carbocycles.